The number of rotatable bonds is 7. The largest absolute Gasteiger partial charge is 0.495 e. The van der Waals surface area contributed by atoms with Crippen molar-refractivity contribution >= 4 is 27.3 Å². The first-order valence-corrected chi connectivity index (χ1v) is 10.2. The summed E-state index contributed by atoms with van der Waals surface area (Å²) in [5, 5.41) is 2.63. The van der Waals surface area contributed by atoms with Crippen molar-refractivity contribution in [2.45, 2.75) is 11.3 Å². The molecule has 2 N–H and O–H groups in total. The zero-order valence-corrected chi connectivity index (χ0v) is 16.4. The van der Waals surface area contributed by atoms with E-state index in [2.05, 4.69) is 10.0 Å². The molecule has 3 rings (SSSR count). The van der Waals surface area contributed by atoms with Crippen molar-refractivity contribution in [3.8, 4) is 5.75 Å². The molecule has 3 aromatic rings. The Bertz CT molecular complexity index is 1130. The number of nitrogens with one attached hydrogen (secondary N) is 2. The predicted molar refractivity (Wildman–Crippen MR) is 109 cm³/mol. The number of benzene rings is 3. The molecule has 0 heterocycles. The van der Waals surface area contributed by atoms with Gasteiger partial charge in [-0.05, 0) is 48.0 Å². The molecule has 150 valence electrons. The van der Waals surface area contributed by atoms with Crippen LogP contribution < -0.4 is 14.8 Å². The minimum absolute atomic E-state index is 0.0213. The van der Waals surface area contributed by atoms with Gasteiger partial charge in [0.05, 0.1) is 24.1 Å². The number of ether oxygens (including phenoxy) is 1. The number of para-hydroxylation sites is 2. The van der Waals surface area contributed by atoms with Gasteiger partial charge in [-0.25, -0.2) is 12.8 Å². The molecule has 0 aromatic heterocycles. The molecule has 0 spiro atoms. The van der Waals surface area contributed by atoms with Gasteiger partial charge in [0.25, 0.3) is 10.0 Å². The van der Waals surface area contributed by atoms with Crippen molar-refractivity contribution in [2.24, 2.45) is 0 Å². The van der Waals surface area contributed by atoms with Gasteiger partial charge in [0.1, 0.15) is 11.6 Å². The predicted octanol–water partition coefficient (Wildman–Crippen LogP) is 3.82. The summed E-state index contributed by atoms with van der Waals surface area (Å²) in [6.07, 6.45) is -0.0335. The van der Waals surface area contributed by atoms with Gasteiger partial charge in [0, 0.05) is 5.69 Å². The Morgan fingerprint density at radius 2 is 1.76 bits per heavy atom. The SMILES string of the molecule is COc1ccccc1NS(=O)(=O)c1cccc(NC(=O)Cc2cccc(F)c2)c1. The Hall–Kier alpha value is -3.39. The summed E-state index contributed by atoms with van der Waals surface area (Å²) in [6, 6.07) is 18.2. The topological polar surface area (TPSA) is 84.5 Å². The standard InChI is InChI=1S/C21H19FN2O4S/c1-28-20-11-3-2-10-19(20)24-29(26,27)18-9-5-8-17(14-18)23-21(25)13-15-6-4-7-16(22)12-15/h2-12,14,24H,13H2,1H3,(H,23,25). The fourth-order valence-corrected chi connectivity index (χ4v) is 3.83. The highest BCUT2D eigenvalue weighted by atomic mass is 32.2. The molecule has 3 aromatic carbocycles. The van der Waals surface area contributed by atoms with Crippen molar-refractivity contribution in [3.05, 3.63) is 84.2 Å². The molecule has 0 fully saturated rings. The summed E-state index contributed by atoms with van der Waals surface area (Å²) in [5.74, 6) is -0.427. The van der Waals surface area contributed by atoms with E-state index in [1.807, 2.05) is 0 Å². The molecule has 0 aliphatic rings. The molecule has 0 saturated carbocycles. The molecule has 6 nitrogen and oxygen atoms in total. The van der Waals surface area contributed by atoms with Crippen LogP contribution in [0.25, 0.3) is 0 Å². The number of amides is 1. The smallest absolute Gasteiger partial charge is 0.262 e. The molecule has 0 bridgehead atoms. The van der Waals surface area contributed by atoms with Crippen LogP contribution in [-0.2, 0) is 21.2 Å². The Balaban J connectivity index is 1.75. The van der Waals surface area contributed by atoms with Crippen molar-refractivity contribution in [1.82, 2.24) is 0 Å². The van der Waals surface area contributed by atoms with Crippen LogP contribution in [0.3, 0.4) is 0 Å². The van der Waals surface area contributed by atoms with E-state index in [-0.39, 0.29) is 17.2 Å². The Morgan fingerprint density at radius 3 is 2.52 bits per heavy atom. The van der Waals surface area contributed by atoms with Crippen LogP contribution in [0.2, 0.25) is 0 Å². The second-order valence-corrected chi connectivity index (χ2v) is 7.87. The van der Waals surface area contributed by atoms with Crippen molar-refractivity contribution in [3.63, 3.8) is 0 Å². The highest BCUT2D eigenvalue weighted by molar-refractivity contribution is 7.92. The van der Waals surface area contributed by atoms with E-state index in [0.29, 0.717) is 22.7 Å². The lowest BCUT2D eigenvalue weighted by atomic mass is 10.1. The van der Waals surface area contributed by atoms with Gasteiger partial charge in [-0.3, -0.25) is 9.52 Å². The molecular weight excluding hydrogens is 395 g/mol. The minimum atomic E-state index is -3.90. The van der Waals surface area contributed by atoms with Crippen LogP contribution in [0.1, 0.15) is 5.56 Å². The summed E-state index contributed by atoms with van der Waals surface area (Å²) in [5.41, 5.74) is 1.13. The second-order valence-electron chi connectivity index (χ2n) is 6.19. The van der Waals surface area contributed by atoms with Gasteiger partial charge in [-0.15, -0.1) is 0 Å². The molecule has 29 heavy (non-hydrogen) atoms. The molecule has 8 heteroatoms. The number of hydrogen-bond acceptors (Lipinski definition) is 4. The minimum Gasteiger partial charge on any atom is -0.495 e. The normalized spacial score (nSPS) is 11.0. The molecular formula is C21H19FN2O4S. The fraction of sp³-hybridized carbons (Fsp3) is 0.0952. The highest BCUT2D eigenvalue weighted by Crippen LogP contribution is 2.26. The van der Waals surface area contributed by atoms with Crippen LogP contribution in [0.4, 0.5) is 15.8 Å². The fourth-order valence-electron chi connectivity index (χ4n) is 2.71. The lowest BCUT2D eigenvalue weighted by Crippen LogP contribution is -2.16. The monoisotopic (exact) mass is 414 g/mol. The molecule has 0 atom stereocenters. The number of carbonyl (C=O) groups excluding carboxylic acids is 1. The average molecular weight is 414 g/mol. The number of methoxy groups -OCH3 is 1. The lowest BCUT2D eigenvalue weighted by molar-refractivity contribution is -0.115. The van der Waals surface area contributed by atoms with Gasteiger partial charge in [0.2, 0.25) is 5.91 Å². The van der Waals surface area contributed by atoms with E-state index in [4.69, 9.17) is 4.74 Å². The van der Waals surface area contributed by atoms with Crippen LogP contribution in [0.15, 0.2) is 77.7 Å². The maximum atomic E-state index is 13.2. The highest BCUT2D eigenvalue weighted by Gasteiger charge is 2.17. The molecule has 0 saturated heterocycles. The average Bonchev–Trinajstić information content (AvgIpc) is 2.68. The van der Waals surface area contributed by atoms with Gasteiger partial charge < -0.3 is 10.1 Å². The molecule has 1 amide bonds. The Labute approximate surface area is 168 Å². The zero-order chi connectivity index (χ0) is 20.9. The van der Waals surface area contributed by atoms with Crippen LogP contribution in [0, 0.1) is 5.82 Å². The first-order chi connectivity index (χ1) is 13.9. The number of carbonyl (C=O) groups is 1. The maximum Gasteiger partial charge on any atom is 0.262 e. The molecule has 0 aliphatic heterocycles. The number of anilines is 2. The summed E-state index contributed by atoms with van der Waals surface area (Å²) < 4.78 is 46.3. The zero-order valence-electron chi connectivity index (χ0n) is 15.6. The van der Waals surface area contributed by atoms with Crippen molar-refractivity contribution in [2.75, 3.05) is 17.1 Å². The third kappa shape index (κ3) is 5.32. The van der Waals surface area contributed by atoms with Crippen LogP contribution in [0.5, 0.6) is 5.75 Å². The summed E-state index contributed by atoms with van der Waals surface area (Å²) in [6.45, 7) is 0. The van der Waals surface area contributed by atoms with E-state index in [1.165, 1.54) is 43.5 Å². The van der Waals surface area contributed by atoms with Crippen molar-refractivity contribution in [1.29, 1.82) is 0 Å². The molecule has 0 unspecified atom stereocenters. The van der Waals surface area contributed by atoms with Crippen LogP contribution in [-0.4, -0.2) is 21.4 Å². The second kappa shape index (κ2) is 8.74. The van der Waals surface area contributed by atoms with E-state index in [1.54, 1.807) is 36.4 Å². The van der Waals surface area contributed by atoms with E-state index >= 15 is 0 Å². The van der Waals surface area contributed by atoms with Crippen LogP contribution >= 0.6 is 0 Å². The first-order valence-electron chi connectivity index (χ1n) is 8.67. The van der Waals surface area contributed by atoms with Gasteiger partial charge >= 0.3 is 0 Å². The number of hydrogen-bond donors (Lipinski definition) is 2. The quantitative estimate of drug-likeness (QED) is 0.616. The Kier molecular flexibility index (Phi) is 6.13. The third-order valence-electron chi connectivity index (χ3n) is 4.03. The maximum absolute atomic E-state index is 13.2. The van der Waals surface area contributed by atoms with E-state index in [0.717, 1.165) is 0 Å². The van der Waals surface area contributed by atoms with Gasteiger partial charge in [0.15, 0.2) is 0 Å². The summed E-state index contributed by atoms with van der Waals surface area (Å²) in [7, 11) is -2.45. The van der Waals surface area contributed by atoms with Gasteiger partial charge in [-0.2, -0.15) is 0 Å². The Morgan fingerprint density at radius 1 is 1.00 bits per heavy atom. The summed E-state index contributed by atoms with van der Waals surface area (Å²) >= 11 is 0. The molecule has 0 radical (unpaired) electrons. The number of halogens is 1. The first kappa shape index (κ1) is 20.3. The van der Waals surface area contributed by atoms with E-state index in [9.17, 15) is 17.6 Å². The molecule has 0 aliphatic carbocycles. The van der Waals surface area contributed by atoms with E-state index < -0.39 is 15.8 Å². The lowest BCUT2D eigenvalue weighted by Gasteiger charge is -2.12. The number of sulfonamides is 1. The van der Waals surface area contributed by atoms with Gasteiger partial charge in [-0.1, -0.05) is 30.3 Å². The summed E-state index contributed by atoms with van der Waals surface area (Å²) in [4.78, 5) is 12.2. The third-order valence-corrected chi connectivity index (χ3v) is 5.40. The van der Waals surface area contributed by atoms with Crippen molar-refractivity contribution < 1.29 is 22.3 Å².